The molecule has 3 rings (SSSR count). The minimum atomic E-state index is -0.183. The molecule has 1 aromatic heterocycles. The van der Waals surface area contributed by atoms with Gasteiger partial charge < -0.3 is 9.30 Å². The summed E-state index contributed by atoms with van der Waals surface area (Å²) in [4.78, 5) is 24.6. The number of carbonyl (C=O) groups excluding carboxylic acids is 2. The van der Waals surface area contributed by atoms with Gasteiger partial charge in [-0.15, -0.1) is 0 Å². The molecule has 0 unspecified atom stereocenters. The second-order valence-electron chi connectivity index (χ2n) is 8.20. The number of hydrogen-bond acceptors (Lipinski definition) is 3. The largest absolute Gasteiger partial charge is 0.466 e. The molecule has 0 saturated heterocycles. The van der Waals surface area contributed by atoms with Crippen LogP contribution in [0.1, 0.15) is 55.1 Å². The van der Waals surface area contributed by atoms with E-state index in [4.69, 9.17) is 4.74 Å². The number of carbonyl (C=O) groups is 2. The lowest BCUT2D eigenvalue weighted by molar-refractivity contribution is -0.143. The van der Waals surface area contributed by atoms with E-state index in [1.807, 2.05) is 43.5 Å². The maximum atomic E-state index is 13.0. The lowest BCUT2D eigenvalue weighted by atomic mass is 10.0. The number of benzene rings is 2. The van der Waals surface area contributed by atoms with Crippen LogP contribution in [0, 0.1) is 5.92 Å². The number of fused-ring (bicyclic) bond motifs is 1. The number of aromatic nitrogens is 1. The van der Waals surface area contributed by atoms with Crippen LogP contribution < -0.4 is 0 Å². The number of ketones is 1. The van der Waals surface area contributed by atoms with E-state index in [1.165, 1.54) is 5.56 Å². The third-order valence-electron chi connectivity index (χ3n) is 5.19. The number of ether oxygens (including phenoxy) is 1. The molecule has 1 heterocycles. The molecule has 0 saturated carbocycles. The minimum Gasteiger partial charge on any atom is -0.466 e. The molecule has 0 spiro atoms. The number of para-hydroxylation sites is 1. The predicted molar refractivity (Wildman–Crippen MR) is 126 cm³/mol. The fourth-order valence-corrected chi connectivity index (χ4v) is 3.75. The molecule has 0 bridgehead atoms. The van der Waals surface area contributed by atoms with Crippen molar-refractivity contribution in [2.24, 2.45) is 5.92 Å². The summed E-state index contributed by atoms with van der Waals surface area (Å²) < 4.78 is 7.05. The third kappa shape index (κ3) is 6.17. The van der Waals surface area contributed by atoms with Gasteiger partial charge in [-0.25, -0.2) is 0 Å². The standard InChI is InChI=1S/C27H31NO3/c1-4-31-27(30)10-7-17-28-19-24(23-8-5-6-9-25(23)28)26(29)16-15-21-11-13-22(14-12-21)18-20(2)3/h5-6,8-9,11-16,19-20H,4,7,10,17-18H2,1-3H3/b16-15+. The number of hydrogen-bond donors (Lipinski definition) is 0. The highest BCUT2D eigenvalue weighted by Gasteiger charge is 2.13. The molecule has 162 valence electrons. The van der Waals surface area contributed by atoms with E-state index in [-0.39, 0.29) is 11.8 Å². The number of nitrogens with zero attached hydrogens (tertiary/aromatic N) is 1. The second-order valence-corrected chi connectivity index (χ2v) is 8.20. The van der Waals surface area contributed by atoms with Gasteiger partial charge in [-0.3, -0.25) is 9.59 Å². The SMILES string of the molecule is CCOC(=O)CCCn1cc(C(=O)/C=C/c2ccc(CC(C)C)cc2)c2ccccc21. The molecule has 0 aliphatic carbocycles. The van der Waals surface area contributed by atoms with Crippen LogP contribution in [0.5, 0.6) is 0 Å². The minimum absolute atomic E-state index is 0.0217. The first-order valence-electron chi connectivity index (χ1n) is 11.0. The zero-order chi connectivity index (χ0) is 22.2. The fourth-order valence-electron chi connectivity index (χ4n) is 3.75. The molecule has 4 heteroatoms. The van der Waals surface area contributed by atoms with Crippen molar-refractivity contribution < 1.29 is 14.3 Å². The van der Waals surface area contributed by atoms with Gasteiger partial charge in [0.25, 0.3) is 0 Å². The average molecular weight is 418 g/mol. The van der Waals surface area contributed by atoms with Gasteiger partial charge in [0, 0.05) is 35.6 Å². The molecule has 0 atom stereocenters. The Bertz CT molecular complexity index is 1060. The maximum Gasteiger partial charge on any atom is 0.305 e. The molecule has 0 amide bonds. The molecule has 0 radical (unpaired) electrons. The topological polar surface area (TPSA) is 48.3 Å². The van der Waals surface area contributed by atoms with Crippen LogP contribution in [0.3, 0.4) is 0 Å². The first-order valence-corrected chi connectivity index (χ1v) is 11.0. The van der Waals surface area contributed by atoms with Crippen molar-refractivity contribution in [2.45, 2.75) is 46.6 Å². The Morgan fingerprint density at radius 1 is 1.06 bits per heavy atom. The van der Waals surface area contributed by atoms with Crippen LogP contribution in [0.4, 0.5) is 0 Å². The van der Waals surface area contributed by atoms with Crippen LogP contribution in [-0.2, 0) is 22.5 Å². The van der Waals surface area contributed by atoms with Crippen molar-refractivity contribution in [2.75, 3.05) is 6.61 Å². The zero-order valence-electron chi connectivity index (χ0n) is 18.6. The summed E-state index contributed by atoms with van der Waals surface area (Å²) in [7, 11) is 0. The van der Waals surface area contributed by atoms with E-state index < -0.39 is 0 Å². The van der Waals surface area contributed by atoms with Crippen LogP contribution in [0.25, 0.3) is 17.0 Å². The summed E-state index contributed by atoms with van der Waals surface area (Å²) >= 11 is 0. The highest BCUT2D eigenvalue weighted by molar-refractivity contribution is 6.14. The van der Waals surface area contributed by atoms with E-state index >= 15 is 0 Å². The molecule has 0 aliphatic rings. The summed E-state index contributed by atoms with van der Waals surface area (Å²) in [5.74, 6) is 0.418. The predicted octanol–water partition coefficient (Wildman–Crippen LogP) is 6.08. The smallest absolute Gasteiger partial charge is 0.305 e. The number of rotatable bonds is 10. The van der Waals surface area contributed by atoms with E-state index in [0.29, 0.717) is 37.5 Å². The van der Waals surface area contributed by atoms with Gasteiger partial charge in [-0.05, 0) is 49.0 Å². The Morgan fingerprint density at radius 3 is 2.52 bits per heavy atom. The third-order valence-corrected chi connectivity index (χ3v) is 5.19. The maximum absolute atomic E-state index is 13.0. The molecular weight excluding hydrogens is 386 g/mol. The molecular formula is C27H31NO3. The molecule has 3 aromatic rings. The summed E-state index contributed by atoms with van der Waals surface area (Å²) in [5, 5.41) is 0.931. The van der Waals surface area contributed by atoms with E-state index in [9.17, 15) is 9.59 Å². The Balaban J connectivity index is 1.73. The molecule has 0 fully saturated rings. The van der Waals surface area contributed by atoms with Crippen LogP contribution in [-0.4, -0.2) is 22.9 Å². The summed E-state index contributed by atoms with van der Waals surface area (Å²) in [5.41, 5.74) is 4.00. The van der Waals surface area contributed by atoms with E-state index in [2.05, 4.69) is 42.7 Å². The quantitative estimate of drug-likeness (QED) is 0.228. The fraction of sp³-hybridized carbons (Fsp3) is 0.333. The molecule has 2 aromatic carbocycles. The Morgan fingerprint density at radius 2 is 1.81 bits per heavy atom. The van der Waals surface area contributed by atoms with E-state index in [1.54, 1.807) is 6.08 Å². The van der Waals surface area contributed by atoms with Gasteiger partial charge in [0.05, 0.1) is 6.61 Å². The van der Waals surface area contributed by atoms with Gasteiger partial charge in [-0.1, -0.05) is 62.4 Å². The number of aryl methyl sites for hydroxylation is 1. The second kappa shape index (κ2) is 10.8. The Labute approximate surface area is 184 Å². The van der Waals surface area contributed by atoms with Crippen LogP contribution >= 0.6 is 0 Å². The lowest BCUT2D eigenvalue weighted by Crippen LogP contribution is -2.06. The van der Waals surface area contributed by atoms with Gasteiger partial charge in [0.1, 0.15) is 0 Å². The zero-order valence-corrected chi connectivity index (χ0v) is 18.6. The monoisotopic (exact) mass is 417 g/mol. The van der Waals surface area contributed by atoms with Crippen molar-refractivity contribution in [3.8, 4) is 0 Å². The first kappa shape index (κ1) is 22.5. The highest BCUT2D eigenvalue weighted by Crippen LogP contribution is 2.23. The van der Waals surface area contributed by atoms with Gasteiger partial charge in [-0.2, -0.15) is 0 Å². The average Bonchev–Trinajstić information content (AvgIpc) is 3.12. The van der Waals surface area contributed by atoms with Crippen molar-refractivity contribution in [3.05, 3.63) is 77.5 Å². The van der Waals surface area contributed by atoms with Gasteiger partial charge >= 0.3 is 5.97 Å². The molecule has 4 nitrogen and oxygen atoms in total. The van der Waals surface area contributed by atoms with Crippen molar-refractivity contribution in [1.29, 1.82) is 0 Å². The molecule has 0 aliphatic heterocycles. The summed E-state index contributed by atoms with van der Waals surface area (Å²) in [6, 6.07) is 16.2. The highest BCUT2D eigenvalue weighted by atomic mass is 16.5. The Kier molecular flexibility index (Phi) is 7.82. The molecule has 31 heavy (non-hydrogen) atoms. The first-order chi connectivity index (χ1) is 15.0. The normalized spacial score (nSPS) is 11.5. The van der Waals surface area contributed by atoms with Crippen molar-refractivity contribution >= 4 is 28.7 Å². The number of allylic oxidation sites excluding steroid dienone is 1. The van der Waals surface area contributed by atoms with Crippen LogP contribution in [0.2, 0.25) is 0 Å². The van der Waals surface area contributed by atoms with Crippen LogP contribution in [0.15, 0.2) is 60.8 Å². The van der Waals surface area contributed by atoms with E-state index in [0.717, 1.165) is 22.9 Å². The number of esters is 1. The lowest BCUT2D eigenvalue weighted by Gasteiger charge is -2.05. The van der Waals surface area contributed by atoms with Crippen molar-refractivity contribution in [1.82, 2.24) is 4.57 Å². The summed E-state index contributed by atoms with van der Waals surface area (Å²) in [6.45, 7) is 7.28. The molecule has 0 N–H and O–H groups in total. The Hall–Kier alpha value is -3.14. The van der Waals surface area contributed by atoms with Crippen molar-refractivity contribution in [3.63, 3.8) is 0 Å². The van der Waals surface area contributed by atoms with Gasteiger partial charge in [0.15, 0.2) is 5.78 Å². The van der Waals surface area contributed by atoms with Gasteiger partial charge in [0.2, 0.25) is 0 Å². The summed E-state index contributed by atoms with van der Waals surface area (Å²) in [6.07, 6.45) is 7.50.